The van der Waals surface area contributed by atoms with Gasteiger partial charge in [-0.05, 0) is 36.6 Å². The van der Waals surface area contributed by atoms with Crippen LogP contribution in [0, 0.1) is 5.82 Å². The summed E-state index contributed by atoms with van der Waals surface area (Å²) in [5, 5.41) is 11.7. The van der Waals surface area contributed by atoms with Gasteiger partial charge in [0.15, 0.2) is 0 Å². The number of amides is 1. The average molecular weight is 343 g/mol. The van der Waals surface area contributed by atoms with Crippen LogP contribution < -0.4 is 5.32 Å². The molecule has 1 heterocycles. The van der Waals surface area contributed by atoms with Crippen LogP contribution in [-0.2, 0) is 4.74 Å². The number of ether oxygens (including phenoxy) is 1. The normalized spacial score (nSPS) is 20.0. The number of halogens is 1. The van der Waals surface area contributed by atoms with E-state index in [0.29, 0.717) is 19.4 Å². The molecular weight excluding hydrogens is 325 g/mol. The molecule has 1 aliphatic rings. The average Bonchev–Trinajstić information content (AvgIpc) is 2.62. The number of benzene rings is 2. The molecular formula is C19H18FNO4. The maximum atomic E-state index is 14.0. The van der Waals surface area contributed by atoms with E-state index in [-0.39, 0.29) is 23.3 Å². The first kappa shape index (κ1) is 17.1. The molecule has 0 aliphatic carbocycles. The zero-order valence-electron chi connectivity index (χ0n) is 13.4. The van der Waals surface area contributed by atoms with Gasteiger partial charge < -0.3 is 15.2 Å². The highest BCUT2D eigenvalue weighted by Crippen LogP contribution is 2.28. The summed E-state index contributed by atoms with van der Waals surface area (Å²) in [5.74, 6) is -2.63. The van der Waals surface area contributed by atoms with Crippen molar-refractivity contribution in [1.29, 1.82) is 0 Å². The van der Waals surface area contributed by atoms with E-state index in [9.17, 15) is 14.0 Å². The number of nitrogens with one attached hydrogen (secondary N) is 1. The summed E-state index contributed by atoms with van der Waals surface area (Å²) >= 11 is 0. The number of carbonyl (C=O) groups excluding carboxylic acids is 1. The van der Waals surface area contributed by atoms with Crippen LogP contribution in [0.15, 0.2) is 48.5 Å². The Bertz CT molecular complexity index is 778. The number of rotatable bonds is 4. The third-order valence-corrected chi connectivity index (χ3v) is 4.25. The Morgan fingerprint density at radius 1 is 1.16 bits per heavy atom. The SMILES string of the molecule is O=C(O)c1ccc(C(=O)NC2CCOC(c3ccccc3)C2)c(F)c1. The molecule has 1 saturated heterocycles. The zero-order valence-corrected chi connectivity index (χ0v) is 13.4. The Kier molecular flexibility index (Phi) is 5.09. The molecule has 0 saturated carbocycles. The van der Waals surface area contributed by atoms with Crippen molar-refractivity contribution >= 4 is 11.9 Å². The number of aromatic carboxylic acids is 1. The van der Waals surface area contributed by atoms with E-state index in [0.717, 1.165) is 11.6 Å². The number of carboxylic acids is 1. The fourth-order valence-corrected chi connectivity index (χ4v) is 2.92. The summed E-state index contributed by atoms with van der Waals surface area (Å²) in [6, 6.07) is 12.9. The van der Waals surface area contributed by atoms with Crippen LogP contribution in [0.3, 0.4) is 0 Å². The molecule has 2 aromatic carbocycles. The van der Waals surface area contributed by atoms with Gasteiger partial charge in [-0.2, -0.15) is 0 Å². The van der Waals surface area contributed by atoms with Crippen LogP contribution in [0.5, 0.6) is 0 Å². The summed E-state index contributed by atoms with van der Waals surface area (Å²) in [7, 11) is 0. The number of hydrogen-bond donors (Lipinski definition) is 2. The Hall–Kier alpha value is -2.73. The van der Waals surface area contributed by atoms with Crippen molar-refractivity contribution in [2.45, 2.75) is 25.0 Å². The van der Waals surface area contributed by atoms with E-state index in [2.05, 4.69) is 5.32 Å². The minimum atomic E-state index is -1.24. The molecule has 1 fully saturated rings. The zero-order chi connectivity index (χ0) is 17.8. The fourth-order valence-electron chi connectivity index (χ4n) is 2.92. The molecule has 1 amide bonds. The molecule has 0 bridgehead atoms. The van der Waals surface area contributed by atoms with Crippen LogP contribution >= 0.6 is 0 Å². The van der Waals surface area contributed by atoms with Crippen molar-refractivity contribution in [2.75, 3.05) is 6.61 Å². The smallest absolute Gasteiger partial charge is 0.335 e. The van der Waals surface area contributed by atoms with Crippen molar-refractivity contribution in [3.05, 3.63) is 71.0 Å². The maximum absolute atomic E-state index is 14.0. The van der Waals surface area contributed by atoms with Gasteiger partial charge in [-0.1, -0.05) is 30.3 Å². The molecule has 6 heteroatoms. The lowest BCUT2D eigenvalue weighted by atomic mass is 9.97. The number of carbonyl (C=O) groups is 2. The van der Waals surface area contributed by atoms with E-state index in [1.54, 1.807) is 0 Å². The van der Waals surface area contributed by atoms with Crippen LogP contribution in [0.2, 0.25) is 0 Å². The minimum absolute atomic E-state index is 0.112. The van der Waals surface area contributed by atoms with E-state index in [4.69, 9.17) is 9.84 Å². The molecule has 5 nitrogen and oxygen atoms in total. The molecule has 2 N–H and O–H groups in total. The summed E-state index contributed by atoms with van der Waals surface area (Å²) in [5.41, 5.74) is 0.690. The van der Waals surface area contributed by atoms with Crippen LogP contribution in [0.25, 0.3) is 0 Å². The van der Waals surface area contributed by atoms with Gasteiger partial charge in [0, 0.05) is 12.6 Å². The summed E-state index contributed by atoms with van der Waals surface area (Å²) in [6.45, 7) is 0.505. The van der Waals surface area contributed by atoms with Gasteiger partial charge in [0.1, 0.15) is 5.82 Å². The Morgan fingerprint density at radius 2 is 1.92 bits per heavy atom. The number of carboxylic acid groups (broad SMARTS) is 1. The summed E-state index contributed by atoms with van der Waals surface area (Å²) < 4.78 is 19.8. The molecule has 1 aliphatic heterocycles. The lowest BCUT2D eigenvalue weighted by Gasteiger charge is -2.30. The third-order valence-electron chi connectivity index (χ3n) is 4.25. The standard InChI is InChI=1S/C19H18FNO4/c20-16-10-13(19(23)24)6-7-15(16)18(22)21-14-8-9-25-17(11-14)12-4-2-1-3-5-12/h1-7,10,14,17H,8-9,11H2,(H,21,22)(H,23,24). The van der Waals surface area contributed by atoms with Crippen LogP contribution in [0.4, 0.5) is 4.39 Å². The minimum Gasteiger partial charge on any atom is -0.478 e. The molecule has 2 aromatic rings. The first-order valence-electron chi connectivity index (χ1n) is 8.05. The largest absolute Gasteiger partial charge is 0.478 e. The van der Waals surface area contributed by atoms with Gasteiger partial charge in [0.05, 0.1) is 17.2 Å². The van der Waals surface area contributed by atoms with Crippen molar-refractivity contribution < 1.29 is 23.8 Å². The Balaban J connectivity index is 1.67. The van der Waals surface area contributed by atoms with Gasteiger partial charge in [0.2, 0.25) is 0 Å². The van der Waals surface area contributed by atoms with Crippen molar-refractivity contribution in [3.8, 4) is 0 Å². The molecule has 3 rings (SSSR count). The summed E-state index contributed by atoms with van der Waals surface area (Å²) in [4.78, 5) is 23.2. The first-order valence-corrected chi connectivity index (χ1v) is 8.05. The highest BCUT2D eigenvalue weighted by molar-refractivity contribution is 5.96. The second-order valence-corrected chi connectivity index (χ2v) is 5.96. The van der Waals surface area contributed by atoms with Crippen LogP contribution in [-0.4, -0.2) is 29.6 Å². The van der Waals surface area contributed by atoms with Gasteiger partial charge >= 0.3 is 5.97 Å². The van der Waals surface area contributed by atoms with Crippen molar-refractivity contribution in [1.82, 2.24) is 5.32 Å². The monoisotopic (exact) mass is 343 g/mol. The molecule has 0 aromatic heterocycles. The first-order chi connectivity index (χ1) is 12.0. The number of hydrogen-bond acceptors (Lipinski definition) is 3. The van der Waals surface area contributed by atoms with E-state index >= 15 is 0 Å². The topological polar surface area (TPSA) is 75.6 Å². The van der Waals surface area contributed by atoms with E-state index in [1.807, 2.05) is 30.3 Å². The van der Waals surface area contributed by atoms with Gasteiger partial charge in [-0.3, -0.25) is 4.79 Å². The van der Waals surface area contributed by atoms with Crippen LogP contribution in [0.1, 0.15) is 45.2 Å². The lowest BCUT2D eigenvalue weighted by Crippen LogP contribution is -2.40. The summed E-state index contributed by atoms with van der Waals surface area (Å²) in [6.07, 6.45) is 1.13. The highest BCUT2D eigenvalue weighted by Gasteiger charge is 2.26. The lowest BCUT2D eigenvalue weighted by molar-refractivity contribution is 0.000875. The highest BCUT2D eigenvalue weighted by atomic mass is 19.1. The second kappa shape index (κ2) is 7.44. The predicted octanol–water partition coefficient (Wildman–Crippen LogP) is 3.17. The van der Waals surface area contributed by atoms with Gasteiger partial charge in [-0.25, -0.2) is 9.18 Å². The Labute approximate surface area is 144 Å². The maximum Gasteiger partial charge on any atom is 0.335 e. The molecule has 130 valence electrons. The molecule has 0 radical (unpaired) electrons. The third kappa shape index (κ3) is 4.03. The van der Waals surface area contributed by atoms with E-state index in [1.165, 1.54) is 12.1 Å². The second-order valence-electron chi connectivity index (χ2n) is 5.96. The molecule has 2 unspecified atom stereocenters. The van der Waals surface area contributed by atoms with Gasteiger partial charge in [-0.15, -0.1) is 0 Å². The predicted molar refractivity (Wildman–Crippen MR) is 89.0 cm³/mol. The van der Waals surface area contributed by atoms with Crippen molar-refractivity contribution in [3.63, 3.8) is 0 Å². The van der Waals surface area contributed by atoms with Crippen molar-refractivity contribution in [2.24, 2.45) is 0 Å². The fraction of sp³-hybridized carbons (Fsp3) is 0.263. The quantitative estimate of drug-likeness (QED) is 0.894. The molecule has 2 atom stereocenters. The molecule has 25 heavy (non-hydrogen) atoms. The van der Waals surface area contributed by atoms with Gasteiger partial charge in [0.25, 0.3) is 5.91 Å². The van der Waals surface area contributed by atoms with E-state index < -0.39 is 17.7 Å². The Morgan fingerprint density at radius 3 is 2.60 bits per heavy atom. The molecule has 0 spiro atoms.